The monoisotopic (exact) mass is 258 g/mol. The molecule has 18 heavy (non-hydrogen) atoms. The molecule has 0 aromatic rings. The lowest BCUT2D eigenvalue weighted by Crippen LogP contribution is -2.39. The van der Waals surface area contributed by atoms with Gasteiger partial charge in [0, 0.05) is 31.7 Å². The van der Waals surface area contributed by atoms with Gasteiger partial charge in [0.05, 0.1) is 13.2 Å². The molecule has 1 rings (SSSR count). The molecule has 0 aromatic carbocycles. The Morgan fingerprint density at radius 2 is 1.89 bits per heavy atom. The van der Waals surface area contributed by atoms with Gasteiger partial charge in [-0.1, -0.05) is 13.8 Å². The number of hydrogen-bond acceptors (Lipinski definition) is 4. The summed E-state index contributed by atoms with van der Waals surface area (Å²) < 4.78 is 5.33. The van der Waals surface area contributed by atoms with Crippen LogP contribution >= 0.6 is 0 Å². The van der Waals surface area contributed by atoms with Crippen LogP contribution in [0.2, 0.25) is 0 Å². The van der Waals surface area contributed by atoms with E-state index in [1.807, 2.05) is 0 Å². The van der Waals surface area contributed by atoms with E-state index in [1.165, 1.54) is 6.42 Å². The number of morpholine rings is 1. The SMILES string of the molecule is CCC(CC)(CO)CNCCCN1CCOCC1. The lowest BCUT2D eigenvalue weighted by Gasteiger charge is -2.30. The van der Waals surface area contributed by atoms with E-state index in [1.54, 1.807) is 0 Å². The van der Waals surface area contributed by atoms with Gasteiger partial charge in [0.15, 0.2) is 0 Å². The molecule has 4 heteroatoms. The van der Waals surface area contributed by atoms with Crippen LogP contribution in [0.5, 0.6) is 0 Å². The highest BCUT2D eigenvalue weighted by Crippen LogP contribution is 2.24. The standard InChI is InChI=1S/C14H30N2O2/c1-3-14(4-2,13-17)12-15-6-5-7-16-8-10-18-11-9-16/h15,17H,3-13H2,1-2H3. The average Bonchev–Trinajstić information content (AvgIpc) is 2.45. The summed E-state index contributed by atoms with van der Waals surface area (Å²) in [6.07, 6.45) is 3.25. The van der Waals surface area contributed by atoms with E-state index >= 15 is 0 Å². The molecule has 0 unspecified atom stereocenters. The fourth-order valence-electron chi connectivity index (χ4n) is 2.39. The molecule has 1 saturated heterocycles. The summed E-state index contributed by atoms with van der Waals surface area (Å²) in [5.74, 6) is 0. The van der Waals surface area contributed by atoms with Crippen LogP contribution in [-0.4, -0.2) is 62.6 Å². The Morgan fingerprint density at radius 3 is 2.44 bits per heavy atom. The van der Waals surface area contributed by atoms with Gasteiger partial charge in [0.25, 0.3) is 0 Å². The van der Waals surface area contributed by atoms with Crippen LogP contribution < -0.4 is 5.32 Å². The molecule has 4 nitrogen and oxygen atoms in total. The van der Waals surface area contributed by atoms with Gasteiger partial charge in [0.2, 0.25) is 0 Å². The van der Waals surface area contributed by atoms with Crippen molar-refractivity contribution in [1.82, 2.24) is 10.2 Å². The minimum absolute atomic E-state index is 0.0823. The zero-order valence-corrected chi connectivity index (χ0v) is 12.1. The van der Waals surface area contributed by atoms with Gasteiger partial charge in [-0.3, -0.25) is 4.90 Å². The maximum Gasteiger partial charge on any atom is 0.0594 e. The van der Waals surface area contributed by atoms with Crippen LogP contribution in [0.15, 0.2) is 0 Å². The van der Waals surface area contributed by atoms with Crippen molar-refractivity contribution in [3.8, 4) is 0 Å². The molecule has 0 bridgehead atoms. The molecule has 108 valence electrons. The van der Waals surface area contributed by atoms with Crippen LogP contribution in [0.3, 0.4) is 0 Å². The van der Waals surface area contributed by atoms with Gasteiger partial charge < -0.3 is 15.2 Å². The number of rotatable bonds is 9. The molecule has 0 amide bonds. The molecule has 1 aliphatic heterocycles. The second-order valence-electron chi connectivity index (χ2n) is 5.35. The van der Waals surface area contributed by atoms with E-state index in [0.29, 0.717) is 0 Å². The largest absolute Gasteiger partial charge is 0.396 e. The molecule has 0 saturated carbocycles. The van der Waals surface area contributed by atoms with E-state index in [2.05, 4.69) is 24.1 Å². The Balaban J connectivity index is 2.06. The number of aliphatic hydroxyl groups excluding tert-OH is 1. The van der Waals surface area contributed by atoms with E-state index in [0.717, 1.165) is 58.8 Å². The Hall–Kier alpha value is -0.160. The molecule has 0 aliphatic carbocycles. The molecule has 1 fully saturated rings. The first kappa shape index (κ1) is 15.9. The van der Waals surface area contributed by atoms with Crippen molar-refractivity contribution in [2.75, 3.05) is 52.5 Å². The van der Waals surface area contributed by atoms with Crippen molar-refractivity contribution < 1.29 is 9.84 Å². The Morgan fingerprint density at radius 1 is 1.22 bits per heavy atom. The third-order valence-electron chi connectivity index (χ3n) is 4.27. The normalized spacial score (nSPS) is 18.2. The Bertz CT molecular complexity index is 194. The van der Waals surface area contributed by atoms with Crippen molar-refractivity contribution >= 4 is 0 Å². The van der Waals surface area contributed by atoms with Gasteiger partial charge in [-0.25, -0.2) is 0 Å². The minimum Gasteiger partial charge on any atom is -0.396 e. The number of ether oxygens (including phenoxy) is 1. The predicted molar refractivity (Wildman–Crippen MR) is 74.8 cm³/mol. The lowest BCUT2D eigenvalue weighted by molar-refractivity contribution is 0.0372. The Labute approximate surface area is 112 Å². The fourth-order valence-corrected chi connectivity index (χ4v) is 2.39. The van der Waals surface area contributed by atoms with Crippen LogP contribution in [0.4, 0.5) is 0 Å². The molecule has 0 radical (unpaired) electrons. The highest BCUT2D eigenvalue weighted by molar-refractivity contribution is 4.78. The maximum absolute atomic E-state index is 9.47. The summed E-state index contributed by atoms with van der Waals surface area (Å²) in [4.78, 5) is 2.46. The summed E-state index contributed by atoms with van der Waals surface area (Å²) in [5.41, 5.74) is 0.0823. The van der Waals surface area contributed by atoms with E-state index in [-0.39, 0.29) is 12.0 Å². The molecule has 1 heterocycles. The van der Waals surface area contributed by atoms with Crippen LogP contribution in [0, 0.1) is 5.41 Å². The third kappa shape index (κ3) is 5.22. The lowest BCUT2D eigenvalue weighted by atomic mass is 9.83. The van der Waals surface area contributed by atoms with Gasteiger partial charge in [-0.05, 0) is 32.4 Å². The second-order valence-corrected chi connectivity index (χ2v) is 5.35. The van der Waals surface area contributed by atoms with E-state index < -0.39 is 0 Å². The molecule has 2 N–H and O–H groups in total. The number of nitrogens with zero attached hydrogens (tertiary/aromatic N) is 1. The molecule has 0 spiro atoms. The summed E-state index contributed by atoms with van der Waals surface area (Å²) in [6, 6.07) is 0. The van der Waals surface area contributed by atoms with Gasteiger partial charge in [0.1, 0.15) is 0 Å². The smallest absolute Gasteiger partial charge is 0.0594 e. The second kappa shape index (κ2) is 8.86. The van der Waals surface area contributed by atoms with Crippen molar-refractivity contribution in [1.29, 1.82) is 0 Å². The third-order valence-corrected chi connectivity index (χ3v) is 4.27. The number of aliphatic hydroxyl groups is 1. The van der Waals surface area contributed by atoms with E-state index in [9.17, 15) is 5.11 Å². The maximum atomic E-state index is 9.47. The highest BCUT2D eigenvalue weighted by Gasteiger charge is 2.24. The zero-order valence-electron chi connectivity index (χ0n) is 12.1. The quantitative estimate of drug-likeness (QED) is 0.608. The van der Waals surface area contributed by atoms with Crippen molar-refractivity contribution in [3.63, 3.8) is 0 Å². The average molecular weight is 258 g/mol. The highest BCUT2D eigenvalue weighted by atomic mass is 16.5. The van der Waals surface area contributed by atoms with Crippen LogP contribution in [0.1, 0.15) is 33.1 Å². The minimum atomic E-state index is 0.0823. The van der Waals surface area contributed by atoms with E-state index in [4.69, 9.17) is 4.74 Å². The first-order chi connectivity index (χ1) is 8.76. The summed E-state index contributed by atoms with van der Waals surface area (Å²) in [6.45, 7) is 11.6. The molecular weight excluding hydrogens is 228 g/mol. The number of nitrogens with one attached hydrogen (secondary N) is 1. The number of hydrogen-bond donors (Lipinski definition) is 2. The van der Waals surface area contributed by atoms with Crippen molar-refractivity contribution in [2.45, 2.75) is 33.1 Å². The summed E-state index contributed by atoms with van der Waals surface area (Å²) in [7, 11) is 0. The first-order valence-corrected chi connectivity index (χ1v) is 7.38. The predicted octanol–water partition coefficient (Wildman–Crippen LogP) is 1.10. The summed E-state index contributed by atoms with van der Waals surface area (Å²) >= 11 is 0. The van der Waals surface area contributed by atoms with Crippen LogP contribution in [-0.2, 0) is 4.74 Å². The molecular formula is C14H30N2O2. The summed E-state index contributed by atoms with van der Waals surface area (Å²) in [5, 5.41) is 13.0. The van der Waals surface area contributed by atoms with Crippen molar-refractivity contribution in [3.05, 3.63) is 0 Å². The topological polar surface area (TPSA) is 44.7 Å². The van der Waals surface area contributed by atoms with Gasteiger partial charge in [-0.2, -0.15) is 0 Å². The molecule has 1 aliphatic rings. The van der Waals surface area contributed by atoms with Gasteiger partial charge >= 0.3 is 0 Å². The van der Waals surface area contributed by atoms with Crippen LogP contribution in [0.25, 0.3) is 0 Å². The van der Waals surface area contributed by atoms with Gasteiger partial charge in [-0.15, -0.1) is 0 Å². The fraction of sp³-hybridized carbons (Fsp3) is 1.00. The first-order valence-electron chi connectivity index (χ1n) is 7.38. The zero-order chi connectivity index (χ0) is 13.3. The molecule has 0 aromatic heterocycles. The van der Waals surface area contributed by atoms with Crippen molar-refractivity contribution in [2.24, 2.45) is 5.41 Å². The Kier molecular flexibility index (Phi) is 7.82. The molecule has 0 atom stereocenters.